The van der Waals surface area contributed by atoms with E-state index in [-0.39, 0.29) is 5.82 Å². The Kier molecular flexibility index (Phi) is 2.89. The summed E-state index contributed by atoms with van der Waals surface area (Å²) in [7, 11) is -0.507. The number of hydrogen-bond donors (Lipinski definition) is 0. The van der Waals surface area contributed by atoms with E-state index < -0.39 is 18.3 Å². The molecule has 0 atom stereocenters. The van der Waals surface area contributed by atoms with Gasteiger partial charge in [-0.3, -0.25) is 4.98 Å². The average molecular weight is 273 g/mol. The number of pyridine rings is 1. The van der Waals surface area contributed by atoms with Gasteiger partial charge in [0, 0.05) is 11.6 Å². The zero-order valence-corrected chi connectivity index (χ0v) is 12.1. The van der Waals surface area contributed by atoms with Gasteiger partial charge in [0.25, 0.3) is 0 Å². The summed E-state index contributed by atoms with van der Waals surface area (Å²) < 4.78 is 25.9. The molecule has 104 valence electrons. The van der Waals surface area contributed by atoms with Crippen LogP contribution in [-0.2, 0) is 9.31 Å². The monoisotopic (exact) mass is 273 g/mol. The number of hydrogen-bond acceptors (Lipinski definition) is 3. The Morgan fingerprint density at radius 1 is 1.05 bits per heavy atom. The van der Waals surface area contributed by atoms with Crippen molar-refractivity contribution in [1.29, 1.82) is 0 Å². The van der Waals surface area contributed by atoms with Crippen LogP contribution in [0.1, 0.15) is 27.7 Å². The molecule has 0 radical (unpaired) electrons. The van der Waals surface area contributed by atoms with Crippen molar-refractivity contribution in [2.45, 2.75) is 38.9 Å². The van der Waals surface area contributed by atoms with Crippen LogP contribution in [0, 0.1) is 5.82 Å². The lowest BCUT2D eigenvalue weighted by molar-refractivity contribution is 0.00578. The van der Waals surface area contributed by atoms with Crippen molar-refractivity contribution >= 4 is 23.5 Å². The van der Waals surface area contributed by atoms with Gasteiger partial charge in [-0.05, 0) is 45.3 Å². The molecule has 0 spiro atoms. The van der Waals surface area contributed by atoms with Crippen LogP contribution in [0.2, 0.25) is 0 Å². The van der Waals surface area contributed by atoms with Crippen LogP contribution < -0.4 is 5.46 Å². The van der Waals surface area contributed by atoms with E-state index in [4.69, 9.17) is 9.31 Å². The Hall–Kier alpha value is -1.46. The Morgan fingerprint density at radius 2 is 1.70 bits per heavy atom. The second-order valence-corrected chi connectivity index (χ2v) is 6.12. The van der Waals surface area contributed by atoms with Crippen molar-refractivity contribution in [3.63, 3.8) is 0 Å². The Bertz CT molecular complexity index is 656. The normalized spacial score (nSPS) is 20.6. The van der Waals surface area contributed by atoms with Gasteiger partial charge in [-0.2, -0.15) is 0 Å². The largest absolute Gasteiger partial charge is 0.495 e. The summed E-state index contributed by atoms with van der Waals surface area (Å²) in [5, 5.41) is 0.728. The van der Waals surface area contributed by atoms with Crippen LogP contribution in [0.4, 0.5) is 4.39 Å². The molecule has 0 bridgehead atoms. The molecule has 1 aliphatic heterocycles. The highest BCUT2D eigenvalue weighted by atomic mass is 19.1. The minimum absolute atomic E-state index is 0.333. The van der Waals surface area contributed by atoms with Crippen molar-refractivity contribution in [3.8, 4) is 0 Å². The molecule has 0 aliphatic carbocycles. The third-order valence-electron chi connectivity index (χ3n) is 4.26. The zero-order chi connectivity index (χ0) is 14.5. The summed E-state index contributed by atoms with van der Waals surface area (Å²) in [5.74, 6) is -0.333. The van der Waals surface area contributed by atoms with E-state index in [1.807, 2.05) is 39.8 Å². The summed E-state index contributed by atoms with van der Waals surface area (Å²) >= 11 is 0. The van der Waals surface area contributed by atoms with E-state index in [1.165, 1.54) is 6.07 Å². The molecular weight excluding hydrogens is 256 g/mol. The second kappa shape index (κ2) is 4.27. The van der Waals surface area contributed by atoms with Crippen LogP contribution in [0.5, 0.6) is 0 Å². The molecule has 0 unspecified atom stereocenters. The number of para-hydroxylation sites is 1. The zero-order valence-electron chi connectivity index (χ0n) is 12.1. The van der Waals surface area contributed by atoms with E-state index in [1.54, 1.807) is 12.3 Å². The topological polar surface area (TPSA) is 31.4 Å². The summed E-state index contributed by atoms with van der Waals surface area (Å²) in [6, 6.07) is 6.74. The third kappa shape index (κ3) is 1.93. The number of benzene rings is 1. The first-order valence-electron chi connectivity index (χ1n) is 6.71. The maximum absolute atomic E-state index is 13.8. The Morgan fingerprint density at radius 3 is 2.35 bits per heavy atom. The number of aromatic nitrogens is 1. The summed E-state index contributed by atoms with van der Waals surface area (Å²) in [6.07, 6.45) is 1.59. The molecule has 1 aromatic heterocycles. The number of rotatable bonds is 1. The summed E-state index contributed by atoms with van der Waals surface area (Å²) in [4.78, 5) is 4.10. The molecule has 0 saturated carbocycles. The van der Waals surface area contributed by atoms with E-state index in [0.717, 1.165) is 10.8 Å². The number of nitrogens with zero attached hydrogens (tertiary/aromatic N) is 1. The number of fused-ring (bicyclic) bond motifs is 1. The average Bonchev–Trinajstić information content (AvgIpc) is 2.58. The van der Waals surface area contributed by atoms with Crippen LogP contribution in [-0.4, -0.2) is 23.3 Å². The molecule has 20 heavy (non-hydrogen) atoms. The van der Waals surface area contributed by atoms with Gasteiger partial charge in [0.1, 0.15) is 11.3 Å². The van der Waals surface area contributed by atoms with E-state index >= 15 is 0 Å². The molecule has 1 aliphatic rings. The quantitative estimate of drug-likeness (QED) is 0.748. The third-order valence-corrected chi connectivity index (χ3v) is 4.26. The Balaban J connectivity index is 2.11. The molecule has 3 nitrogen and oxygen atoms in total. The second-order valence-electron chi connectivity index (χ2n) is 6.12. The lowest BCUT2D eigenvalue weighted by Crippen LogP contribution is -2.41. The van der Waals surface area contributed by atoms with Crippen LogP contribution in [0.25, 0.3) is 10.9 Å². The van der Waals surface area contributed by atoms with Gasteiger partial charge >= 0.3 is 7.12 Å². The van der Waals surface area contributed by atoms with Crippen LogP contribution in [0.15, 0.2) is 30.5 Å². The van der Waals surface area contributed by atoms with Gasteiger partial charge in [0.2, 0.25) is 0 Å². The molecule has 5 heteroatoms. The molecule has 1 saturated heterocycles. The van der Waals surface area contributed by atoms with Gasteiger partial charge in [-0.25, -0.2) is 4.39 Å². The van der Waals surface area contributed by atoms with Crippen molar-refractivity contribution < 1.29 is 13.7 Å². The van der Waals surface area contributed by atoms with Gasteiger partial charge in [-0.15, -0.1) is 0 Å². The first-order valence-corrected chi connectivity index (χ1v) is 6.71. The molecule has 2 heterocycles. The van der Waals surface area contributed by atoms with Gasteiger partial charge in [0.15, 0.2) is 0 Å². The molecule has 2 aromatic rings. The van der Waals surface area contributed by atoms with E-state index in [2.05, 4.69) is 4.98 Å². The highest BCUT2D eigenvalue weighted by Crippen LogP contribution is 2.36. The summed E-state index contributed by atoms with van der Waals surface area (Å²) in [5.41, 5.74) is 0.328. The van der Waals surface area contributed by atoms with Crippen LogP contribution >= 0.6 is 0 Å². The molecular formula is C15H17BFNO2. The molecule has 0 amide bonds. The minimum Gasteiger partial charge on any atom is -0.399 e. The Labute approximate surface area is 118 Å². The van der Waals surface area contributed by atoms with Crippen molar-refractivity contribution in [3.05, 3.63) is 36.3 Å². The van der Waals surface area contributed by atoms with Gasteiger partial charge in [-0.1, -0.05) is 12.1 Å². The first-order chi connectivity index (χ1) is 9.32. The smallest absolute Gasteiger partial charge is 0.399 e. The van der Waals surface area contributed by atoms with E-state index in [0.29, 0.717) is 5.52 Å². The van der Waals surface area contributed by atoms with Crippen molar-refractivity contribution in [2.75, 3.05) is 0 Å². The molecule has 1 aromatic carbocycles. The molecule has 0 N–H and O–H groups in total. The lowest BCUT2D eigenvalue weighted by Gasteiger charge is -2.32. The highest BCUT2D eigenvalue weighted by Gasteiger charge is 2.52. The van der Waals surface area contributed by atoms with Gasteiger partial charge < -0.3 is 9.31 Å². The lowest BCUT2D eigenvalue weighted by atomic mass is 9.77. The first kappa shape index (κ1) is 13.5. The van der Waals surface area contributed by atoms with E-state index in [9.17, 15) is 4.39 Å². The number of halogens is 1. The minimum atomic E-state index is -0.507. The van der Waals surface area contributed by atoms with Gasteiger partial charge in [0.05, 0.1) is 11.2 Å². The van der Waals surface area contributed by atoms with Crippen molar-refractivity contribution in [2.24, 2.45) is 0 Å². The predicted octanol–water partition coefficient (Wildman–Crippen LogP) is 2.67. The molecule has 3 rings (SSSR count). The fourth-order valence-corrected chi connectivity index (χ4v) is 2.34. The fraction of sp³-hybridized carbons (Fsp3) is 0.400. The predicted molar refractivity (Wildman–Crippen MR) is 77.4 cm³/mol. The summed E-state index contributed by atoms with van der Waals surface area (Å²) in [6.45, 7) is 7.99. The SMILES string of the molecule is CC1(C)OB(c2ccnc3c(F)cccc23)OC1(C)C. The molecule has 1 fully saturated rings. The fourth-order valence-electron chi connectivity index (χ4n) is 2.34. The maximum Gasteiger partial charge on any atom is 0.495 e. The van der Waals surface area contributed by atoms with Crippen LogP contribution in [0.3, 0.4) is 0 Å². The highest BCUT2D eigenvalue weighted by molar-refractivity contribution is 6.65. The van der Waals surface area contributed by atoms with Crippen molar-refractivity contribution in [1.82, 2.24) is 4.98 Å². The standard InChI is InChI=1S/C15H17BFNO2/c1-14(2)15(3,4)20-16(19-14)11-8-9-18-13-10(11)6-5-7-12(13)17/h5-9H,1-4H3. The maximum atomic E-state index is 13.8.